The molecule has 0 heterocycles. The average molecular weight is 328 g/mol. The summed E-state index contributed by atoms with van der Waals surface area (Å²) >= 11 is 0. The lowest BCUT2D eigenvalue weighted by atomic mass is 9.90. The molecule has 0 aliphatic carbocycles. The molecule has 1 aromatic carbocycles. The van der Waals surface area contributed by atoms with Gasteiger partial charge in [-0.2, -0.15) is 0 Å². The highest BCUT2D eigenvalue weighted by Gasteiger charge is 2.21. The summed E-state index contributed by atoms with van der Waals surface area (Å²) in [5.74, 6) is -2.53. The quantitative estimate of drug-likeness (QED) is 0.711. The molecule has 1 unspecified atom stereocenters. The smallest absolute Gasteiger partial charge is 0.254 e. The lowest BCUT2D eigenvalue weighted by Crippen LogP contribution is -2.43. The summed E-state index contributed by atoms with van der Waals surface area (Å²) in [6.45, 7) is 5.16. The van der Waals surface area contributed by atoms with Crippen LogP contribution >= 0.6 is 0 Å². The van der Waals surface area contributed by atoms with Gasteiger partial charge in [-0.3, -0.25) is 9.59 Å². The number of carbonyl (C=O) groups is 2. The molecule has 1 atom stereocenters. The van der Waals surface area contributed by atoms with Crippen molar-refractivity contribution in [2.45, 2.75) is 33.2 Å². The first-order valence-corrected chi connectivity index (χ1v) is 7.28. The van der Waals surface area contributed by atoms with E-state index in [0.29, 0.717) is 0 Å². The van der Waals surface area contributed by atoms with E-state index >= 15 is 0 Å². The van der Waals surface area contributed by atoms with Gasteiger partial charge in [-0.1, -0.05) is 13.8 Å². The highest BCUT2D eigenvalue weighted by atomic mass is 19.1. The predicted octanol–water partition coefficient (Wildman–Crippen LogP) is 1.61. The van der Waals surface area contributed by atoms with Gasteiger partial charge in [0.05, 0.1) is 5.56 Å². The molecule has 1 rings (SSSR count). The molecule has 0 fully saturated rings. The second kappa shape index (κ2) is 8.01. The number of hydrogen-bond acceptors (Lipinski definition) is 3. The van der Waals surface area contributed by atoms with Gasteiger partial charge >= 0.3 is 0 Å². The number of aliphatic hydroxyl groups is 1. The largest absolute Gasteiger partial charge is 0.396 e. The first-order valence-electron chi connectivity index (χ1n) is 7.28. The Morgan fingerprint density at radius 1 is 1.30 bits per heavy atom. The van der Waals surface area contributed by atoms with E-state index in [1.54, 1.807) is 20.8 Å². The van der Waals surface area contributed by atoms with Gasteiger partial charge in [0.1, 0.15) is 11.6 Å². The lowest BCUT2D eigenvalue weighted by Gasteiger charge is -2.21. The fourth-order valence-electron chi connectivity index (χ4n) is 1.84. The van der Waals surface area contributed by atoms with Crippen LogP contribution in [0.25, 0.3) is 0 Å². The molecule has 0 radical (unpaired) electrons. The van der Waals surface area contributed by atoms with Crippen molar-refractivity contribution in [2.24, 2.45) is 5.41 Å². The number of carbonyl (C=O) groups excluding carboxylic acids is 2. The summed E-state index contributed by atoms with van der Waals surface area (Å²) in [5.41, 5.74) is -0.911. The van der Waals surface area contributed by atoms with Gasteiger partial charge in [0.15, 0.2) is 0 Å². The van der Waals surface area contributed by atoms with Gasteiger partial charge in [0, 0.05) is 25.6 Å². The highest BCUT2D eigenvalue weighted by molar-refractivity contribution is 5.94. The average Bonchev–Trinajstić information content (AvgIpc) is 2.47. The number of rotatable bonds is 7. The zero-order valence-electron chi connectivity index (χ0n) is 13.5. The fraction of sp³-hybridized carbons (Fsp3) is 0.500. The Kier molecular flexibility index (Phi) is 6.62. The Balaban J connectivity index is 2.50. The van der Waals surface area contributed by atoms with Gasteiger partial charge in [-0.05, 0) is 30.5 Å². The summed E-state index contributed by atoms with van der Waals surface area (Å²) in [5, 5.41) is 14.2. The van der Waals surface area contributed by atoms with E-state index in [0.717, 1.165) is 18.2 Å². The molecule has 23 heavy (non-hydrogen) atoms. The molecule has 5 nitrogen and oxygen atoms in total. The number of amides is 2. The Morgan fingerprint density at radius 2 is 1.96 bits per heavy atom. The van der Waals surface area contributed by atoms with Crippen LogP contribution in [-0.2, 0) is 4.79 Å². The van der Waals surface area contributed by atoms with Crippen LogP contribution in [-0.4, -0.2) is 36.1 Å². The summed E-state index contributed by atoms with van der Waals surface area (Å²) in [6.07, 6.45) is 0.142. The van der Waals surface area contributed by atoms with Crippen molar-refractivity contribution in [1.29, 1.82) is 0 Å². The number of benzene rings is 1. The normalized spacial score (nSPS) is 12.6. The molecule has 0 saturated carbocycles. The lowest BCUT2D eigenvalue weighted by molar-refractivity contribution is -0.123. The molecule has 0 spiro atoms. The van der Waals surface area contributed by atoms with Crippen LogP contribution in [0.3, 0.4) is 0 Å². The van der Waals surface area contributed by atoms with Gasteiger partial charge in [-0.25, -0.2) is 8.78 Å². The van der Waals surface area contributed by atoms with E-state index in [9.17, 15) is 18.4 Å². The molecule has 0 bridgehead atoms. The molecular weight excluding hydrogens is 306 g/mol. The first-order chi connectivity index (χ1) is 10.6. The molecule has 0 saturated heterocycles. The monoisotopic (exact) mass is 328 g/mol. The molecular formula is C16H22F2N2O3. The highest BCUT2D eigenvalue weighted by Crippen LogP contribution is 2.18. The van der Waals surface area contributed by atoms with Crippen LogP contribution in [0.2, 0.25) is 0 Å². The van der Waals surface area contributed by atoms with E-state index in [4.69, 9.17) is 5.11 Å². The summed E-state index contributed by atoms with van der Waals surface area (Å²) < 4.78 is 26.6. The second-order valence-corrected chi connectivity index (χ2v) is 6.30. The topological polar surface area (TPSA) is 78.4 Å². The molecule has 0 aromatic heterocycles. The zero-order valence-corrected chi connectivity index (χ0v) is 13.5. The minimum Gasteiger partial charge on any atom is -0.396 e. The third-order valence-corrected chi connectivity index (χ3v) is 3.22. The summed E-state index contributed by atoms with van der Waals surface area (Å²) in [6, 6.07) is 2.16. The van der Waals surface area contributed by atoms with Gasteiger partial charge in [0.25, 0.3) is 5.91 Å². The third-order valence-electron chi connectivity index (χ3n) is 3.22. The van der Waals surface area contributed by atoms with E-state index in [1.807, 2.05) is 0 Å². The van der Waals surface area contributed by atoms with E-state index in [2.05, 4.69) is 10.6 Å². The molecule has 128 valence electrons. The van der Waals surface area contributed by atoms with Crippen LogP contribution in [0.5, 0.6) is 0 Å². The maximum absolute atomic E-state index is 13.5. The van der Waals surface area contributed by atoms with Crippen LogP contribution in [0, 0.1) is 17.0 Å². The van der Waals surface area contributed by atoms with Crippen molar-refractivity contribution >= 4 is 11.8 Å². The SMILES string of the molecule is CC(CNC(=O)CC(C)(C)CO)NC(=O)c1cc(F)ccc1F. The third kappa shape index (κ3) is 6.32. The predicted molar refractivity (Wildman–Crippen MR) is 81.8 cm³/mol. The molecule has 0 aliphatic heterocycles. The van der Waals surface area contributed by atoms with Gasteiger partial charge in [0.2, 0.25) is 5.91 Å². The van der Waals surface area contributed by atoms with Crippen LogP contribution in [0.4, 0.5) is 8.78 Å². The van der Waals surface area contributed by atoms with Crippen LogP contribution in [0.1, 0.15) is 37.6 Å². The number of aliphatic hydroxyl groups excluding tert-OH is 1. The van der Waals surface area contributed by atoms with Crippen LogP contribution < -0.4 is 10.6 Å². The first kappa shape index (κ1) is 19.0. The molecule has 3 N–H and O–H groups in total. The zero-order chi connectivity index (χ0) is 17.6. The Hall–Kier alpha value is -2.02. The van der Waals surface area contributed by atoms with E-state index in [1.165, 1.54) is 0 Å². The van der Waals surface area contributed by atoms with Crippen molar-refractivity contribution in [3.05, 3.63) is 35.4 Å². The standard InChI is InChI=1S/C16H22F2N2O3/c1-10(8-19-14(22)7-16(2,3)9-21)20-15(23)12-6-11(17)4-5-13(12)18/h4-6,10,21H,7-9H2,1-3H3,(H,19,22)(H,20,23). The number of nitrogens with one attached hydrogen (secondary N) is 2. The Labute approximate surface area is 134 Å². The van der Waals surface area contributed by atoms with Gasteiger partial charge < -0.3 is 15.7 Å². The minimum absolute atomic E-state index is 0.119. The van der Waals surface area contributed by atoms with E-state index < -0.39 is 29.0 Å². The molecule has 0 aliphatic rings. The summed E-state index contributed by atoms with van der Waals surface area (Å²) in [7, 11) is 0. The van der Waals surface area contributed by atoms with Gasteiger partial charge in [-0.15, -0.1) is 0 Å². The molecule has 2 amide bonds. The fourth-order valence-corrected chi connectivity index (χ4v) is 1.84. The van der Waals surface area contributed by atoms with Crippen molar-refractivity contribution in [1.82, 2.24) is 10.6 Å². The maximum Gasteiger partial charge on any atom is 0.254 e. The second-order valence-electron chi connectivity index (χ2n) is 6.30. The number of hydrogen-bond donors (Lipinski definition) is 3. The van der Waals surface area contributed by atoms with Crippen LogP contribution in [0.15, 0.2) is 18.2 Å². The maximum atomic E-state index is 13.5. The van der Waals surface area contributed by atoms with Crippen molar-refractivity contribution < 1.29 is 23.5 Å². The van der Waals surface area contributed by atoms with Crippen molar-refractivity contribution in [3.63, 3.8) is 0 Å². The Morgan fingerprint density at radius 3 is 2.57 bits per heavy atom. The minimum atomic E-state index is -0.815. The van der Waals surface area contributed by atoms with Crippen molar-refractivity contribution in [2.75, 3.05) is 13.2 Å². The molecule has 1 aromatic rings. The molecule has 7 heteroatoms. The van der Waals surface area contributed by atoms with E-state index in [-0.39, 0.29) is 31.0 Å². The Bertz CT molecular complexity index is 576. The number of halogens is 2. The van der Waals surface area contributed by atoms with Crippen molar-refractivity contribution in [3.8, 4) is 0 Å². The summed E-state index contributed by atoms with van der Waals surface area (Å²) in [4.78, 5) is 23.6.